The fourth-order valence-corrected chi connectivity index (χ4v) is 2.54. The number of hydrogen-bond acceptors (Lipinski definition) is 5. The van der Waals surface area contributed by atoms with Gasteiger partial charge in [-0.2, -0.15) is 0 Å². The van der Waals surface area contributed by atoms with Gasteiger partial charge in [-0.1, -0.05) is 12.1 Å². The highest BCUT2D eigenvalue weighted by atomic mass is 35.5. The van der Waals surface area contributed by atoms with Crippen molar-refractivity contribution >= 4 is 28.3 Å². The van der Waals surface area contributed by atoms with E-state index in [2.05, 4.69) is 15.4 Å². The normalized spacial score (nSPS) is 12.3. The maximum atomic E-state index is 11.7. The number of nitrogens with one attached hydrogen (secondary N) is 3. The van der Waals surface area contributed by atoms with Crippen molar-refractivity contribution < 1.29 is 17.9 Å². The molecule has 9 heteroatoms. The largest absolute Gasteiger partial charge is 0.383 e. The Kier molecular flexibility index (Phi) is 10.0. The monoisotopic (exact) mass is 365 g/mol. The lowest BCUT2D eigenvalue weighted by Crippen LogP contribution is -2.36. The third-order valence-corrected chi connectivity index (χ3v) is 4.54. The van der Waals surface area contributed by atoms with Gasteiger partial charge in [0.25, 0.3) is 0 Å². The van der Waals surface area contributed by atoms with Crippen LogP contribution in [0.2, 0.25) is 0 Å². The summed E-state index contributed by atoms with van der Waals surface area (Å²) in [5.74, 6) is -0.129. The molecule has 0 aliphatic heterocycles. The molecule has 1 aromatic rings. The number of hydrogen-bond donors (Lipinski definition) is 3. The van der Waals surface area contributed by atoms with Crippen LogP contribution >= 0.6 is 12.4 Å². The van der Waals surface area contributed by atoms with Gasteiger partial charge in [-0.15, -0.1) is 12.4 Å². The first-order valence-electron chi connectivity index (χ1n) is 6.93. The van der Waals surface area contributed by atoms with Crippen LogP contribution in [0.3, 0.4) is 0 Å². The highest BCUT2D eigenvalue weighted by Gasteiger charge is 2.13. The molecule has 0 spiro atoms. The number of amides is 1. The summed E-state index contributed by atoms with van der Waals surface area (Å²) in [7, 11) is -0.478. The minimum absolute atomic E-state index is 0. The zero-order valence-corrected chi connectivity index (χ0v) is 15.1. The molecule has 23 heavy (non-hydrogen) atoms. The van der Waals surface area contributed by atoms with E-state index in [-0.39, 0.29) is 35.8 Å². The van der Waals surface area contributed by atoms with Gasteiger partial charge in [0.1, 0.15) is 0 Å². The SMILES string of the molecule is CNS(=O)(=O)c1ccc(C(C)NC(=O)CNCCOC)cc1.Cl. The average molecular weight is 366 g/mol. The van der Waals surface area contributed by atoms with Crippen molar-refractivity contribution in [2.24, 2.45) is 0 Å². The van der Waals surface area contributed by atoms with Gasteiger partial charge < -0.3 is 15.4 Å². The minimum atomic E-state index is -3.44. The fraction of sp³-hybridized carbons (Fsp3) is 0.500. The summed E-state index contributed by atoms with van der Waals surface area (Å²) in [4.78, 5) is 11.9. The molecule has 0 aromatic heterocycles. The van der Waals surface area contributed by atoms with E-state index in [1.165, 1.54) is 19.2 Å². The van der Waals surface area contributed by atoms with E-state index in [1.54, 1.807) is 19.2 Å². The molecule has 3 N–H and O–H groups in total. The van der Waals surface area contributed by atoms with Crippen molar-refractivity contribution in [2.45, 2.75) is 17.9 Å². The number of ether oxygens (including phenoxy) is 1. The average Bonchev–Trinajstić information content (AvgIpc) is 2.51. The molecule has 0 heterocycles. The van der Waals surface area contributed by atoms with Gasteiger partial charge in [0.05, 0.1) is 24.1 Å². The van der Waals surface area contributed by atoms with Gasteiger partial charge in [0, 0.05) is 13.7 Å². The number of halogens is 1. The van der Waals surface area contributed by atoms with E-state index in [0.717, 1.165) is 5.56 Å². The van der Waals surface area contributed by atoms with E-state index in [1.807, 2.05) is 6.92 Å². The second-order valence-corrected chi connectivity index (χ2v) is 6.62. The lowest BCUT2D eigenvalue weighted by molar-refractivity contribution is -0.120. The Balaban J connectivity index is 0.00000484. The first-order chi connectivity index (χ1) is 10.4. The van der Waals surface area contributed by atoms with Crippen molar-refractivity contribution in [3.8, 4) is 0 Å². The Morgan fingerprint density at radius 2 is 1.87 bits per heavy atom. The molecule has 0 bridgehead atoms. The Labute approximate surface area is 143 Å². The number of sulfonamides is 1. The van der Waals surface area contributed by atoms with Crippen LogP contribution in [-0.4, -0.2) is 48.2 Å². The smallest absolute Gasteiger partial charge is 0.240 e. The molecule has 0 aliphatic carbocycles. The summed E-state index contributed by atoms with van der Waals surface area (Å²) in [5.41, 5.74) is 0.834. The topological polar surface area (TPSA) is 96.5 Å². The van der Waals surface area contributed by atoms with Gasteiger partial charge >= 0.3 is 0 Å². The number of benzene rings is 1. The molecule has 132 valence electrons. The molecule has 0 saturated carbocycles. The van der Waals surface area contributed by atoms with Crippen LogP contribution in [-0.2, 0) is 19.6 Å². The van der Waals surface area contributed by atoms with Crippen LogP contribution in [0.15, 0.2) is 29.2 Å². The third-order valence-electron chi connectivity index (χ3n) is 3.11. The molecule has 7 nitrogen and oxygen atoms in total. The van der Waals surface area contributed by atoms with E-state index in [9.17, 15) is 13.2 Å². The molecule has 0 fully saturated rings. The number of rotatable bonds is 9. The second-order valence-electron chi connectivity index (χ2n) is 4.74. The number of carbonyl (C=O) groups excluding carboxylic acids is 1. The molecule has 1 amide bonds. The molecule has 1 atom stereocenters. The first kappa shape index (κ1) is 21.8. The van der Waals surface area contributed by atoms with Crippen molar-refractivity contribution in [3.63, 3.8) is 0 Å². The Morgan fingerprint density at radius 1 is 1.26 bits per heavy atom. The predicted octanol–water partition coefficient (Wildman–Crippen LogP) is 0.430. The van der Waals surface area contributed by atoms with E-state index in [0.29, 0.717) is 13.2 Å². The summed E-state index contributed by atoms with van der Waals surface area (Å²) >= 11 is 0. The van der Waals surface area contributed by atoms with Gasteiger partial charge in [-0.05, 0) is 31.7 Å². The van der Waals surface area contributed by atoms with E-state index >= 15 is 0 Å². The predicted molar refractivity (Wildman–Crippen MR) is 91.2 cm³/mol. The lowest BCUT2D eigenvalue weighted by Gasteiger charge is -2.15. The maximum absolute atomic E-state index is 11.7. The van der Waals surface area contributed by atoms with Crippen molar-refractivity contribution in [1.82, 2.24) is 15.4 Å². The molecular weight excluding hydrogens is 342 g/mol. The lowest BCUT2D eigenvalue weighted by atomic mass is 10.1. The molecular formula is C14H24ClN3O4S. The van der Waals surface area contributed by atoms with Crippen LogP contribution in [0.5, 0.6) is 0 Å². The van der Waals surface area contributed by atoms with Crippen LogP contribution in [0.4, 0.5) is 0 Å². The highest BCUT2D eigenvalue weighted by molar-refractivity contribution is 7.89. The van der Waals surface area contributed by atoms with Crippen LogP contribution in [0.25, 0.3) is 0 Å². The third kappa shape index (κ3) is 7.28. The summed E-state index contributed by atoms with van der Waals surface area (Å²) < 4.78 is 30.4. The highest BCUT2D eigenvalue weighted by Crippen LogP contribution is 2.15. The molecule has 1 unspecified atom stereocenters. The molecule has 0 saturated heterocycles. The van der Waals surface area contributed by atoms with Gasteiger partial charge in [0.15, 0.2) is 0 Å². The van der Waals surface area contributed by atoms with Gasteiger partial charge in [0.2, 0.25) is 15.9 Å². The van der Waals surface area contributed by atoms with Crippen molar-refractivity contribution in [2.75, 3.05) is 33.9 Å². The van der Waals surface area contributed by atoms with Gasteiger partial charge in [-0.25, -0.2) is 13.1 Å². The molecule has 1 aromatic carbocycles. The molecule has 0 radical (unpaired) electrons. The van der Waals surface area contributed by atoms with E-state index < -0.39 is 10.0 Å². The number of methoxy groups -OCH3 is 1. The second kappa shape index (κ2) is 10.6. The summed E-state index contributed by atoms with van der Waals surface area (Å²) in [6, 6.07) is 6.20. The summed E-state index contributed by atoms with van der Waals surface area (Å²) in [6.07, 6.45) is 0. The number of carbonyl (C=O) groups is 1. The standard InChI is InChI=1S/C14H23N3O4S.ClH/c1-11(17-14(18)10-16-8-9-21-3)12-4-6-13(7-5-12)22(19,20)15-2;/h4-7,11,15-16H,8-10H2,1-3H3,(H,17,18);1H. The van der Waals surface area contributed by atoms with E-state index in [4.69, 9.17) is 4.74 Å². The zero-order valence-electron chi connectivity index (χ0n) is 13.5. The fourth-order valence-electron chi connectivity index (χ4n) is 1.81. The quantitative estimate of drug-likeness (QED) is 0.551. The summed E-state index contributed by atoms with van der Waals surface area (Å²) in [5, 5.41) is 5.79. The van der Waals surface area contributed by atoms with Crippen molar-refractivity contribution in [3.05, 3.63) is 29.8 Å². The van der Waals surface area contributed by atoms with Crippen molar-refractivity contribution in [1.29, 1.82) is 0 Å². The molecule has 1 rings (SSSR count). The first-order valence-corrected chi connectivity index (χ1v) is 8.41. The van der Waals surface area contributed by atoms with Gasteiger partial charge in [-0.3, -0.25) is 4.79 Å². The van der Waals surface area contributed by atoms with Crippen LogP contribution in [0, 0.1) is 0 Å². The maximum Gasteiger partial charge on any atom is 0.240 e. The van der Waals surface area contributed by atoms with Crippen LogP contribution < -0.4 is 15.4 Å². The molecule has 0 aliphatic rings. The summed E-state index contributed by atoms with van der Waals surface area (Å²) in [6.45, 7) is 3.20. The Morgan fingerprint density at radius 3 is 2.39 bits per heavy atom. The Hall–Kier alpha value is -1.19. The van der Waals surface area contributed by atoms with Crippen LogP contribution in [0.1, 0.15) is 18.5 Å². The zero-order chi connectivity index (χ0) is 16.6. The Bertz CT molecular complexity index is 578. The minimum Gasteiger partial charge on any atom is -0.383 e.